The first-order chi connectivity index (χ1) is 10.0. The molecule has 0 saturated heterocycles. The lowest BCUT2D eigenvalue weighted by molar-refractivity contribution is 0.393. The van der Waals surface area contributed by atoms with E-state index in [1.165, 1.54) is 5.56 Å². The molecule has 0 saturated carbocycles. The molecular formula is C15H20BrN3OS. The van der Waals surface area contributed by atoms with E-state index in [2.05, 4.69) is 51.4 Å². The summed E-state index contributed by atoms with van der Waals surface area (Å²) in [5.74, 6) is 0.704. The van der Waals surface area contributed by atoms with Gasteiger partial charge in [-0.25, -0.2) is 0 Å². The second-order valence-corrected chi connectivity index (χ2v) is 6.86. The molecule has 1 aromatic heterocycles. The Bertz CT molecular complexity index is 600. The highest BCUT2D eigenvalue weighted by Crippen LogP contribution is 2.31. The van der Waals surface area contributed by atoms with Crippen LogP contribution in [-0.4, -0.2) is 26.2 Å². The molecule has 114 valence electrons. The monoisotopic (exact) mass is 369 g/mol. The van der Waals surface area contributed by atoms with Crippen molar-refractivity contribution >= 4 is 32.4 Å². The molecule has 4 nitrogen and oxygen atoms in total. The van der Waals surface area contributed by atoms with Gasteiger partial charge >= 0.3 is 0 Å². The topological polar surface area (TPSA) is 37.4 Å². The number of benzene rings is 1. The molecule has 1 heterocycles. The third-order valence-corrected chi connectivity index (χ3v) is 5.09. The Morgan fingerprint density at radius 2 is 2.10 bits per heavy atom. The minimum Gasteiger partial charge on any atom is -0.480 e. The van der Waals surface area contributed by atoms with Crippen molar-refractivity contribution in [3.8, 4) is 5.88 Å². The first-order valence-corrected chi connectivity index (χ1v) is 8.32. The Labute approximate surface area is 138 Å². The van der Waals surface area contributed by atoms with Crippen LogP contribution < -0.4 is 15.0 Å². The zero-order chi connectivity index (χ0) is 15.4. The molecule has 0 bridgehead atoms. The van der Waals surface area contributed by atoms with Crippen molar-refractivity contribution in [3.63, 3.8) is 0 Å². The Hall–Kier alpha value is -1.11. The maximum Gasteiger partial charge on any atom is 0.230 e. The number of rotatable bonds is 6. The molecule has 1 N–H and O–H groups in total. The molecule has 0 unspecified atom stereocenters. The Morgan fingerprint density at radius 1 is 1.38 bits per heavy atom. The van der Waals surface area contributed by atoms with Crippen LogP contribution in [0.1, 0.15) is 23.4 Å². The predicted octanol–water partition coefficient (Wildman–Crippen LogP) is 3.83. The van der Waals surface area contributed by atoms with Gasteiger partial charge in [0, 0.05) is 31.2 Å². The maximum absolute atomic E-state index is 5.36. The van der Waals surface area contributed by atoms with E-state index in [0.29, 0.717) is 5.88 Å². The normalized spacial score (nSPS) is 12.2. The molecule has 0 fully saturated rings. The third kappa shape index (κ3) is 3.96. The fraction of sp³-hybridized carbons (Fsp3) is 0.400. The van der Waals surface area contributed by atoms with Crippen LogP contribution in [-0.2, 0) is 6.54 Å². The molecule has 0 spiro atoms. The summed E-state index contributed by atoms with van der Waals surface area (Å²) in [6.07, 6.45) is 0. The van der Waals surface area contributed by atoms with Crippen LogP contribution in [0.5, 0.6) is 5.88 Å². The van der Waals surface area contributed by atoms with E-state index < -0.39 is 0 Å². The molecule has 6 heteroatoms. The van der Waals surface area contributed by atoms with Gasteiger partial charge in [0.05, 0.1) is 12.0 Å². The van der Waals surface area contributed by atoms with Crippen LogP contribution in [0, 0.1) is 0 Å². The summed E-state index contributed by atoms with van der Waals surface area (Å²) in [5.41, 5.74) is 1.24. The van der Waals surface area contributed by atoms with Gasteiger partial charge in [-0.05, 0) is 18.6 Å². The van der Waals surface area contributed by atoms with Crippen molar-refractivity contribution in [2.24, 2.45) is 0 Å². The molecule has 1 atom stereocenters. The van der Waals surface area contributed by atoms with Crippen LogP contribution in [0.15, 0.2) is 28.7 Å². The lowest BCUT2D eigenvalue weighted by Crippen LogP contribution is -2.18. The zero-order valence-corrected chi connectivity index (χ0v) is 15.1. The summed E-state index contributed by atoms with van der Waals surface area (Å²) in [4.78, 5) is 7.57. The summed E-state index contributed by atoms with van der Waals surface area (Å²) >= 11 is 5.24. The van der Waals surface area contributed by atoms with Gasteiger partial charge in [0.2, 0.25) is 5.88 Å². The van der Waals surface area contributed by atoms with Gasteiger partial charge in [0.1, 0.15) is 0 Å². The van der Waals surface area contributed by atoms with E-state index >= 15 is 0 Å². The average molecular weight is 370 g/mol. The number of hydrogen-bond donors (Lipinski definition) is 1. The SMILES string of the molecule is COc1nc(N(C)C)sc1CN[C@H](C)c1ccccc1Br. The number of anilines is 1. The lowest BCUT2D eigenvalue weighted by Gasteiger charge is -2.15. The van der Waals surface area contributed by atoms with Crippen molar-refractivity contribution in [2.75, 3.05) is 26.1 Å². The lowest BCUT2D eigenvalue weighted by atomic mass is 10.1. The number of halogens is 1. The largest absolute Gasteiger partial charge is 0.480 e. The highest BCUT2D eigenvalue weighted by molar-refractivity contribution is 9.10. The van der Waals surface area contributed by atoms with Gasteiger partial charge in [-0.2, -0.15) is 4.98 Å². The molecule has 2 rings (SSSR count). The van der Waals surface area contributed by atoms with E-state index in [1.807, 2.05) is 25.1 Å². The first kappa shape index (κ1) is 16.3. The molecule has 21 heavy (non-hydrogen) atoms. The van der Waals surface area contributed by atoms with E-state index in [1.54, 1.807) is 18.4 Å². The first-order valence-electron chi connectivity index (χ1n) is 6.71. The van der Waals surface area contributed by atoms with E-state index in [-0.39, 0.29) is 6.04 Å². The number of hydrogen-bond acceptors (Lipinski definition) is 5. The van der Waals surface area contributed by atoms with Crippen LogP contribution in [0.25, 0.3) is 0 Å². The van der Waals surface area contributed by atoms with Gasteiger partial charge in [-0.3, -0.25) is 0 Å². The van der Waals surface area contributed by atoms with Gasteiger partial charge in [-0.1, -0.05) is 45.5 Å². The van der Waals surface area contributed by atoms with E-state index in [4.69, 9.17) is 4.74 Å². The second-order valence-electron chi connectivity index (χ2n) is 4.95. The van der Waals surface area contributed by atoms with Crippen molar-refractivity contribution in [1.29, 1.82) is 0 Å². The van der Waals surface area contributed by atoms with Crippen molar-refractivity contribution in [3.05, 3.63) is 39.2 Å². The summed E-state index contributed by atoms with van der Waals surface area (Å²) in [5, 5.41) is 4.48. The molecule has 0 aliphatic carbocycles. The molecule has 0 aliphatic rings. The van der Waals surface area contributed by atoms with E-state index in [0.717, 1.165) is 21.0 Å². The molecule has 0 amide bonds. The Morgan fingerprint density at radius 3 is 2.71 bits per heavy atom. The number of nitrogens with zero attached hydrogens (tertiary/aromatic N) is 2. The molecular weight excluding hydrogens is 350 g/mol. The maximum atomic E-state index is 5.36. The summed E-state index contributed by atoms with van der Waals surface area (Å²) < 4.78 is 6.48. The van der Waals surface area contributed by atoms with Gasteiger partial charge in [-0.15, -0.1) is 0 Å². The smallest absolute Gasteiger partial charge is 0.230 e. The fourth-order valence-corrected chi connectivity index (χ4v) is 3.50. The predicted molar refractivity (Wildman–Crippen MR) is 92.4 cm³/mol. The molecule has 0 aliphatic heterocycles. The van der Waals surface area contributed by atoms with E-state index in [9.17, 15) is 0 Å². The average Bonchev–Trinajstić information content (AvgIpc) is 2.88. The summed E-state index contributed by atoms with van der Waals surface area (Å²) in [6, 6.07) is 8.50. The highest BCUT2D eigenvalue weighted by atomic mass is 79.9. The van der Waals surface area contributed by atoms with Crippen molar-refractivity contribution in [2.45, 2.75) is 19.5 Å². The fourth-order valence-electron chi connectivity index (χ4n) is 1.97. The third-order valence-electron chi connectivity index (χ3n) is 3.17. The second kappa shape index (κ2) is 7.24. The number of aromatic nitrogens is 1. The Kier molecular flexibility index (Phi) is 5.61. The number of ether oxygens (including phenoxy) is 1. The van der Waals surface area contributed by atoms with Gasteiger partial charge < -0.3 is 15.0 Å². The summed E-state index contributed by atoms with van der Waals surface area (Å²) in [6.45, 7) is 2.89. The molecule has 1 aromatic carbocycles. The minimum atomic E-state index is 0.246. The number of nitrogens with one attached hydrogen (secondary N) is 1. The van der Waals surface area contributed by atoms with Gasteiger partial charge in [0.25, 0.3) is 0 Å². The molecule has 2 aromatic rings. The quantitative estimate of drug-likeness (QED) is 0.839. The van der Waals surface area contributed by atoms with Crippen molar-refractivity contribution < 1.29 is 4.74 Å². The number of thiazole rings is 1. The highest BCUT2D eigenvalue weighted by Gasteiger charge is 2.15. The standard InChI is InChI=1S/C15H20BrN3OS/c1-10(11-7-5-6-8-12(11)16)17-9-13-14(20-4)18-15(21-13)19(2)3/h5-8,10,17H,9H2,1-4H3/t10-/m1/s1. The minimum absolute atomic E-state index is 0.246. The van der Waals surface area contributed by atoms with Crippen molar-refractivity contribution in [1.82, 2.24) is 10.3 Å². The Balaban J connectivity index is 2.07. The van der Waals surface area contributed by atoms with Crippen LogP contribution in [0.4, 0.5) is 5.13 Å². The summed E-state index contributed by atoms with van der Waals surface area (Å²) in [7, 11) is 5.63. The van der Waals surface area contributed by atoms with Crippen LogP contribution >= 0.6 is 27.3 Å². The van der Waals surface area contributed by atoms with Crippen LogP contribution in [0.3, 0.4) is 0 Å². The number of methoxy groups -OCH3 is 1. The van der Waals surface area contributed by atoms with Gasteiger partial charge in [0.15, 0.2) is 5.13 Å². The zero-order valence-electron chi connectivity index (χ0n) is 12.7. The molecule has 0 radical (unpaired) electrons. The van der Waals surface area contributed by atoms with Crippen LogP contribution in [0.2, 0.25) is 0 Å².